The molecule has 0 saturated heterocycles. The maximum Gasteiger partial charge on any atom is 0.416 e. The number of hydrogen-bond donors (Lipinski definition) is 0. The van der Waals surface area contributed by atoms with Crippen LogP contribution in [-0.4, -0.2) is 5.78 Å². The van der Waals surface area contributed by atoms with Gasteiger partial charge in [0.2, 0.25) is 0 Å². The third-order valence-corrected chi connectivity index (χ3v) is 3.30. The quantitative estimate of drug-likeness (QED) is 0.746. The van der Waals surface area contributed by atoms with E-state index in [-0.39, 0.29) is 12.2 Å². The van der Waals surface area contributed by atoms with Gasteiger partial charge in [0.05, 0.1) is 5.56 Å². The van der Waals surface area contributed by atoms with E-state index < -0.39 is 11.7 Å². The molecule has 0 atom stereocenters. The molecule has 0 heterocycles. The highest BCUT2D eigenvalue weighted by atomic mass is 19.4. The van der Waals surface area contributed by atoms with E-state index in [2.05, 4.69) is 0 Å². The molecule has 0 spiro atoms. The Hall–Kier alpha value is -2.10. The molecule has 2 aromatic carbocycles. The van der Waals surface area contributed by atoms with Gasteiger partial charge in [0, 0.05) is 12.0 Å². The summed E-state index contributed by atoms with van der Waals surface area (Å²) in [6, 6.07) is 10.8. The number of carbonyl (C=O) groups excluding carboxylic acids is 1. The standard InChI is InChI=1S/C17H15F3O/c1-11-4-3-5-13(8-11)10-16(21)15-7-6-14(9-12(15)2)17(18,19)20/h3-9H,10H2,1-2H3. The third-order valence-electron chi connectivity index (χ3n) is 3.30. The first-order valence-corrected chi connectivity index (χ1v) is 6.54. The zero-order valence-corrected chi connectivity index (χ0v) is 11.8. The smallest absolute Gasteiger partial charge is 0.294 e. The summed E-state index contributed by atoms with van der Waals surface area (Å²) in [5.74, 6) is -0.174. The fraction of sp³-hybridized carbons (Fsp3) is 0.235. The minimum Gasteiger partial charge on any atom is -0.294 e. The van der Waals surface area contributed by atoms with Crippen LogP contribution in [0.5, 0.6) is 0 Å². The average molecular weight is 292 g/mol. The molecule has 110 valence electrons. The van der Waals surface area contributed by atoms with E-state index in [4.69, 9.17) is 0 Å². The van der Waals surface area contributed by atoms with Crippen LogP contribution < -0.4 is 0 Å². The molecule has 0 aromatic heterocycles. The summed E-state index contributed by atoms with van der Waals surface area (Å²) in [5.41, 5.74) is 1.86. The van der Waals surface area contributed by atoms with Crippen LogP contribution in [0.3, 0.4) is 0 Å². The molecule has 1 nitrogen and oxygen atoms in total. The van der Waals surface area contributed by atoms with Crippen molar-refractivity contribution >= 4 is 5.78 Å². The van der Waals surface area contributed by atoms with Gasteiger partial charge in [0.1, 0.15) is 0 Å². The van der Waals surface area contributed by atoms with Crippen molar-refractivity contribution in [2.75, 3.05) is 0 Å². The number of alkyl halides is 3. The van der Waals surface area contributed by atoms with Crippen LogP contribution in [0.2, 0.25) is 0 Å². The predicted octanol–water partition coefficient (Wildman–Crippen LogP) is 4.75. The summed E-state index contributed by atoms with van der Waals surface area (Å²) in [7, 11) is 0. The molecule has 2 rings (SSSR count). The van der Waals surface area contributed by atoms with E-state index in [9.17, 15) is 18.0 Å². The first-order chi connectivity index (χ1) is 9.77. The topological polar surface area (TPSA) is 17.1 Å². The first-order valence-electron chi connectivity index (χ1n) is 6.54. The lowest BCUT2D eigenvalue weighted by Crippen LogP contribution is -2.09. The summed E-state index contributed by atoms with van der Waals surface area (Å²) in [6.45, 7) is 3.45. The van der Waals surface area contributed by atoms with Crippen molar-refractivity contribution in [2.45, 2.75) is 26.4 Å². The summed E-state index contributed by atoms with van der Waals surface area (Å²) in [5, 5.41) is 0. The molecule has 0 N–H and O–H groups in total. The maximum atomic E-state index is 12.6. The molecule has 0 fully saturated rings. The van der Waals surface area contributed by atoms with Gasteiger partial charge in [-0.3, -0.25) is 4.79 Å². The Labute approximate surface area is 121 Å². The molecule has 0 aliphatic rings. The van der Waals surface area contributed by atoms with Crippen molar-refractivity contribution in [3.8, 4) is 0 Å². The zero-order chi connectivity index (χ0) is 15.6. The van der Waals surface area contributed by atoms with Crippen LogP contribution in [0.15, 0.2) is 42.5 Å². The van der Waals surface area contributed by atoms with Gasteiger partial charge in [-0.2, -0.15) is 13.2 Å². The van der Waals surface area contributed by atoms with Crippen molar-refractivity contribution in [2.24, 2.45) is 0 Å². The number of ketones is 1. The monoisotopic (exact) mass is 292 g/mol. The fourth-order valence-corrected chi connectivity index (χ4v) is 2.26. The zero-order valence-electron chi connectivity index (χ0n) is 11.8. The van der Waals surface area contributed by atoms with E-state index in [1.165, 1.54) is 13.0 Å². The van der Waals surface area contributed by atoms with Gasteiger partial charge in [0.25, 0.3) is 0 Å². The largest absolute Gasteiger partial charge is 0.416 e. The maximum absolute atomic E-state index is 12.6. The molecular formula is C17H15F3O. The highest BCUT2D eigenvalue weighted by Crippen LogP contribution is 2.30. The number of benzene rings is 2. The summed E-state index contributed by atoms with van der Waals surface area (Å²) in [6.07, 6.45) is -4.20. The van der Waals surface area contributed by atoms with Gasteiger partial charge in [-0.25, -0.2) is 0 Å². The highest BCUT2D eigenvalue weighted by molar-refractivity contribution is 5.98. The van der Waals surface area contributed by atoms with Crippen LogP contribution in [0.1, 0.15) is 32.6 Å². The van der Waals surface area contributed by atoms with E-state index in [1.807, 2.05) is 31.2 Å². The second-order valence-electron chi connectivity index (χ2n) is 5.12. The molecule has 4 heteroatoms. The van der Waals surface area contributed by atoms with Crippen LogP contribution >= 0.6 is 0 Å². The molecule has 0 saturated carbocycles. The Balaban J connectivity index is 2.24. The molecular weight excluding hydrogens is 277 g/mol. The van der Waals surface area contributed by atoms with Crippen molar-refractivity contribution in [1.82, 2.24) is 0 Å². The fourth-order valence-electron chi connectivity index (χ4n) is 2.26. The number of carbonyl (C=O) groups is 1. The number of aryl methyl sites for hydroxylation is 2. The average Bonchev–Trinajstić information content (AvgIpc) is 2.37. The summed E-state index contributed by atoms with van der Waals surface area (Å²) >= 11 is 0. The van der Waals surface area contributed by atoms with Crippen LogP contribution in [0, 0.1) is 13.8 Å². The number of rotatable bonds is 3. The molecule has 2 aromatic rings. The molecule has 0 bridgehead atoms. The lowest BCUT2D eigenvalue weighted by molar-refractivity contribution is -0.137. The van der Waals surface area contributed by atoms with Gasteiger partial charge in [-0.1, -0.05) is 35.9 Å². The lowest BCUT2D eigenvalue weighted by Gasteiger charge is -2.10. The minimum atomic E-state index is -4.39. The third kappa shape index (κ3) is 3.72. The van der Waals surface area contributed by atoms with E-state index in [0.29, 0.717) is 11.1 Å². The molecule has 0 unspecified atom stereocenters. The Morgan fingerprint density at radius 2 is 1.76 bits per heavy atom. The molecule has 0 aliphatic heterocycles. The number of halogens is 3. The SMILES string of the molecule is Cc1cccc(CC(=O)c2ccc(C(F)(F)F)cc2C)c1. The predicted molar refractivity (Wildman–Crippen MR) is 75.4 cm³/mol. The Morgan fingerprint density at radius 1 is 1.05 bits per heavy atom. The van der Waals surface area contributed by atoms with E-state index in [1.54, 1.807) is 0 Å². The van der Waals surface area contributed by atoms with E-state index >= 15 is 0 Å². The van der Waals surface area contributed by atoms with Gasteiger partial charge in [-0.05, 0) is 37.1 Å². The van der Waals surface area contributed by atoms with Crippen molar-refractivity contribution in [3.63, 3.8) is 0 Å². The number of Topliss-reactive ketones (excluding diaryl/α,β-unsaturated/α-hetero) is 1. The summed E-state index contributed by atoms with van der Waals surface area (Å²) < 4.78 is 37.8. The molecule has 0 amide bonds. The molecule has 0 aliphatic carbocycles. The second kappa shape index (κ2) is 5.72. The van der Waals surface area contributed by atoms with Gasteiger partial charge >= 0.3 is 6.18 Å². The van der Waals surface area contributed by atoms with Crippen molar-refractivity contribution < 1.29 is 18.0 Å². The Morgan fingerprint density at radius 3 is 2.33 bits per heavy atom. The molecule has 0 radical (unpaired) electrons. The Bertz CT molecular complexity index is 672. The normalized spacial score (nSPS) is 11.5. The van der Waals surface area contributed by atoms with Crippen LogP contribution in [-0.2, 0) is 12.6 Å². The van der Waals surface area contributed by atoms with E-state index in [0.717, 1.165) is 23.3 Å². The van der Waals surface area contributed by atoms with Crippen LogP contribution in [0.4, 0.5) is 13.2 Å². The van der Waals surface area contributed by atoms with Gasteiger partial charge in [-0.15, -0.1) is 0 Å². The van der Waals surface area contributed by atoms with Gasteiger partial charge < -0.3 is 0 Å². The second-order valence-corrected chi connectivity index (χ2v) is 5.12. The summed E-state index contributed by atoms with van der Waals surface area (Å²) in [4.78, 5) is 12.2. The van der Waals surface area contributed by atoms with Crippen LogP contribution in [0.25, 0.3) is 0 Å². The lowest BCUT2D eigenvalue weighted by atomic mass is 9.97. The minimum absolute atomic E-state index is 0.174. The van der Waals surface area contributed by atoms with Crippen molar-refractivity contribution in [3.05, 3.63) is 70.3 Å². The van der Waals surface area contributed by atoms with Gasteiger partial charge in [0.15, 0.2) is 5.78 Å². The Kier molecular flexibility index (Phi) is 4.16. The first kappa shape index (κ1) is 15.3. The molecule has 21 heavy (non-hydrogen) atoms. The van der Waals surface area contributed by atoms with Crippen molar-refractivity contribution in [1.29, 1.82) is 0 Å². The highest BCUT2D eigenvalue weighted by Gasteiger charge is 2.30. The number of hydrogen-bond acceptors (Lipinski definition) is 1.